The maximum Gasteiger partial charge on any atom is 0.225 e. The summed E-state index contributed by atoms with van der Waals surface area (Å²) in [5.41, 5.74) is 6.71. The first-order valence-corrected chi connectivity index (χ1v) is 6.17. The fraction of sp³-hybridized carbons (Fsp3) is 0.462. The lowest BCUT2D eigenvalue weighted by atomic mass is 10.1. The Balaban J connectivity index is 2.56. The Labute approximate surface area is 113 Å². The number of hydrogen-bond acceptors (Lipinski definition) is 3. The molecule has 18 heavy (non-hydrogen) atoms. The smallest absolute Gasteiger partial charge is 0.225 e. The van der Waals surface area contributed by atoms with Gasteiger partial charge in [0.05, 0.1) is 18.1 Å². The molecule has 0 saturated carbocycles. The van der Waals surface area contributed by atoms with Gasteiger partial charge in [0.15, 0.2) is 0 Å². The van der Waals surface area contributed by atoms with Crippen molar-refractivity contribution in [3.63, 3.8) is 0 Å². The van der Waals surface area contributed by atoms with Crippen molar-refractivity contribution in [1.29, 1.82) is 0 Å². The summed E-state index contributed by atoms with van der Waals surface area (Å²) in [5, 5.41) is 0.516. The molecule has 1 unspecified atom stereocenters. The van der Waals surface area contributed by atoms with Crippen LogP contribution in [-0.4, -0.2) is 31.5 Å². The minimum atomic E-state index is -0.0631. The van der Waals surface area contributed by atoms with Gasteiger partial charge in [0.1, 0.15) is 5.75 Å². The summed E-state index contributed by atoms with van der Waals surface area (Å²) in [4.78, 5) is 12.9. The molecule has 0 aliphatic rings. The topological polar surface area (TPSA) is 55.6 Å². The second kappa shape index (κ2) is 6.61. The van der Waals surface area contributed by atoms with Crippen LogP contribution in [0.2, 0.25) is 5.02 Å². The van der Waals surface area contributed by atoms with Gasteiger partial charge in [0.2, 0.25) is 5.91 Å². The number of hydrogen-bond donors (Lipinski definition) is 1. The van der Waals surface area contributed by atoms with Crippen LogP contribution in [0.4, 0.5) is 0 Å². The standard InChI is InChI=1S/C13H19ClN2O2/c1-9(15)10-4-5-12(11(14)8-10)18-7-6-13(17)16(2)3/h4-5,8-9H,6-7,15H2,1-3H3. The lowest BCUT2D eigenvalue weighted by Gasteiger charge is -2.13. The molecule has 0 aromatic heterocycles. The van der Waals surface area contributed by atoms with E-state index in [1.807, 2.05) is 13.0 Å². The third kappa shape index (κ3) is 4.20. The number of rotatable bonds is 5. The number of benzene rings is 1. The molecular weight excluding hydrogens is 252 g/mol. The van der Waals surface area contributed by atoms with Crippen LogP contribution < -0.4 is 10.5 Å². The van der Waals surface area contributed by atoms with E-state index in [2.05, 4.69) is 0 Å². The number of nitrogens with two attached hydrogens (primary N) is 1. The van der Waals surface area contributed by atoms with E-state index in [1.54, 1.807) is 26.2 Å². The van der Waals surface area contributed by atoms with Crippen molar-refractivity contribution < 1.29 is 9.53 Å². The highest BCUT2D eigenvalue weighted by Gasteiger charge is 2.08. The van der Waals surface area contributed by atoms with Crippen molar-refractivity contribution >= 4 is 17.5 Å². The van der Waals surface area contributed by atoms with Gasteiger partial charge in [-0.25, -0.2) is 0 Å². The van der Waals surface area contributed by atoms with E-state index in [0.717, 1.165) is 5.56 Å². The zero-order valence-corrected chi connectivity index (χ0v) is 11.7. The molecule has 4 nitrogen and oxygen atoms in total. The fourth-order valence-electron chi connectivity index (χ4n) is 1.39. The average Bonchev–Trinajstić information content (AvgIpc) is 2.30. The van der Waals surface area contributed by atoms with Crippen molar-refractivity contribution in [1.82, 2.24) is 4.90 Å². The largest absolute Gasteiger partial charge is 0.491 e. The minimum Gasteiger partial charge on any atom is -0.491 e. The Morgan fingerprint density at radius 2 is 2.17 bits per heavy atom. The number of nitrogens with zero attached hydrogens (tertiary/aromatic N) is 1. The number of carbonyl (C=O) groups is 1. The first-order chi connectivity index (χ1) is 8.41. The highest BCUT2D eigenvalue weighted by Crippen LogP contribution is 2.27. The van der Waals surface area contributed by atoms with E-state index >= 15 is 0 Å². The lowest BCUT2D eigenvalue weighted by molar-refractivity contribution is -0.129. The Morgan fingerprint density at radius 3 is 2.67 bits per heavy atom. The van der Waals surface area contributed by atoms with Crippen molar-refractivity contribution in [3.8, 4) is 5.75 Å². The van der Waals surface area contributed by atoms with Crippen molar-refractivity contribution in [3.05, 3.63) is 28.8 Å². The molecule has 0 spiro atoms. The van der Waals surface area contributed by atoms with Gasteiger partial charge in [0.25, 0.3) is 0 Å². The monoisotopic (exact) mass is 270 g/mol. The first-order valence-electron chi connectivity index (χ1n) is 5.79. The van der Waals surface area contributed by atoms with Crippen molar-refractivity contribution in [2.24, 2.45) is 5.73 Å². The van der Waals surface area contributed by atoms with Crippen LogP contribution in [0, 0.1) is 0 Å². The summed E-state index contributed by atoms with van der Waals surface area (Å²) < 4.78 is 5.47. The lowest BCUT2D eigenvalue weighted by Crippen LogP contribution is -2.23. The molecule has 0 aliphatic carbocycles. The van der Waals surface area contributed by atoms with E-state index in [9.17, 15) is 4.79 Å². The first kappa shape index (κ1) is 14.8. The summed E-state index contributed by atoms with van der Waals surface area (Å²) in [6, 6.07) is 5.38. The number of amides is 1. The molecule has 0 bridgehead atoms. The third-order valence-corrected chi connectivity index (χ3v) is 2.85. The highest BCUT2D eigenvalue weighted by atomic mass is 35.5. The molecule has 2 N–H and O–H groups in total. The number of ether oxygens (including phenoxy) is 1. The van der Waals surface area contributed by atoms with Gasteiger partial charge in [-0.1, -0.05) is 17.7 Å². The predicted molar refractivity (Wildman–Crippen MR) is 72.9 cm³/mol. The zero-order chi connectivity index (χ0) is 13.7. The molecule has 1 aromatic carbocycles. The molecule has 1 aromatic rings. The molecule has 0 heterocycles. The van der Waals surface area contributed by atoms with Gasteiger partial charge < -0.3 is 15.4 Å². The normalized spacial score (nSPS) is 12.1. The van der Waals surface area contributed by atoms with Gasteiger partial charge in [0, 0.05) is 20.1 Å². The summed E-state index contributed by atoms with van der Waals surface area (Å²) in [6.45, 7) is 2.20. The quantitative estimate of drug-likeness (QED) is 0.893. The Morgan fingerprint density at radius 1 is 1.50 bits per heavy atom. The Kier molecular flexibility index (Phi) is 5.44. The molecule has 1 atom stereocenters. The number of carbonyl (C=O) groups excluding carboxylic acids is 1. The Hall–Kier alpha value is -1.26. The maximum absolute atomic E-state index is 11.4. The maximum atomic E-state index is 11.4. The third-order valence-electron chi connectivity index (χ3n) is 2.55. The van der Waals surface area contributed by atoms with Crippen LogP contribution in [-0.2, 0) is 4.79 Å². The van der Waals surface area contributed by atoms with Crippen LogP contribution in [0.1, 0.15) is 24.9 Å². The van der Waals surface area contributed by atoms with Crippen LogP contribution in [0.5, 0.6) is 5.75 Å². The van der Waals surface area contributed by atoms with Crippen molar-refractivity contribution in [2.75, 3.05) is 20.7 Å². The molecular formula is C13H19ClN2O2. The van der Waals surface area contributed by atoms with E-state index < -0.39 is 0 Å². The Bertz CT molecular complexity index is 419. The van der Waals surface area contributed by atoms with Crippen LogP contribution in [0.25, 0.3) is 0 Å². The predicted octanol–water partition coefficient (Wildman–Crippen LogP) is 2.22. The van der Waals surface area contributed by atoms with Crippen LogP contribution in [0.15, 0.2) is 18.2 Å². The van der Waals surface area contributed by atoms with Gasteiger partial charge in [-0.15, -0.1) is 0 Å². The summed E-state index contributed by atoms with van der Waals surface area (Å²) in [6.07, 6.45) is 0.332. The van der Waals surface area contributed by atoms with Gasteiger partial charge >= 0.3 is 0 Å². The summed E-state index contributed by atoms with van der Waals surface area (Å²) in [5.74, 6) is 0.603. The molecule has 100 valence electrons. The number of halogens is 1. The molecule has 0 saturated heterocycles. The van der Waals surface area contributed by atoms with Crippen LogP contribution in [0.3, 0.4) is 0 Å². The molecule has 0 fully saturated rings. The molecule has 1 rings (SSSR count). The van der Waals surface area contributed by atoms with E-state index in [-0.39, 0.29) is 11.9 Å². The minimum absolute atomic E-state index is 0.0262. The summed E-state index contributed by atoms with van der Waals surface area (Å²) in [7, 11) is 3.43. The zero-order valence-electron chi connectivity index (χ0n) is 10.9. The van der Waals surface area contributed by atoms with Gasteiger partial charge in [-0.2, -0.15) is 0 Å². The van der Waals surface area contributed by atoms with Crippen molar-refractivity contribution in [2.45, 2.75) is 19.4 Å². The fourth-order valence-corrected chi connectivity index (χ4v) is 1.63. The summed E-state index contributed by atoms with van der Waals surface area (Å²) >= 11 is 6.08. The second-order valence-electron chi connectivity index (χ2n) is 4.37. The molecule has 0 radical (unpaired) electrons. The van der Waals surface area contributed by atoms with Gasteiger partial charge in [-0.3, -0.25) is 4.79 Å². The molecule has 0 aliphatic heterocycles. The highest BCUT2D eigenvalue weighted by molar-refractivity contribution is 6.32. The SMILES string of the molecule is CC(N)c1ccc(OCCC(=O)N(C)C)c(Cl)c1. The molecule has 1 amide bonds. The van der Waals surface area contributed by atoms with E-state index in [0.29, 0.717) is 23.8 Å². The van der Waals surface area contributed by atoms with Gasteiger partial charge in [-0.05, 0) is 24.6 Å². The molecule has 5 heteroatoms. The van der Waals surface area contributed by atoms with Crippen LogP contribution >= 0.6 is 11.6 Å². The van der Waals surface area contributed by atoms with E-state index in [1.165, 1.54) is 4.90 Å². The van der Waals surface area contributed by atoms with E-state index in [4.69, 9.17) is 22.1 Å². The average molecular weight is 271 g/mol. The second-order valence-corrected chi connectivity index (χ2v) is 4.77.